The van der Waals surface area contributed by atoms with Crippen molar-refractivity contribution in [1.29, 1.82) is 0 Å². The van der Waals surface area contributed by atoms with Gasteiger partial charge in [-0.1, -0.05) is 42.5 Å². The number of hydrogen-bond donors (Lipinski definition) is 1. The van der Waals surface area contributed by atoms with Crippen molar-refractivity contribution in [3.8, 4) is 0 Å². The second kappa shape index (κ2) is 10.1. The fourth-order valence-electron chi connectivity index (χ4n) is 4.01. The highest BCUT2D eigenvalue weighted by Crippen LogP contribution is 2.32. The van der Waals surface area contributed by atoms with Crippen molar-refractivity contribution < 1.29 is 9.59 Å². The topological polar surface area (TPSA) is 52.7 Å². The maximum absolute atomic E-state index is 12.5. The molecule has 1 aliphatic rings. The number of anilines is 1. The number of nitrogens with zero attached hydrogens (tertiary/aromatic N) is 2. The van der Waals surface area contributed by atoms with Crippen LogP contribution in [-0.4, -0.2) is 43.4 Å². The summed E-state index contributed by atoms with van der Waals surface area (Å²) in [5.41, 5.74) is 3.55. The molecule has 2 aromatic carbocycles. The fourth-order valence-corrected chi connectivity index (χ4v) is 4.01. The van der Waals surface area contributed by atoms with Crippen LogP contribution in [0.1, 0.15) is 43.4 Å². The van der Waals surface area contributed by atoms with E-state index >= 15 is 0 Å². The Hall–Kier alpha value is -2.82. The molecule has 5 heteroatoms. The van der Waals surface area contributed by atoms with Crippen LogP contribution in [-0.2, 0) is 16.0 Å². The molecule has 0 fully saturated rings. The third-order valence-electron chi connectivity index (χ3n) is 5.64. The number of unbranched alkanes of at least 4 members (excludes halogenated alkanes) is 1. The van der Waals surface area contributed by atoms with E-state index in [-0.39, 0.29) is 17.9 Å². The quantitative estimate of drug-likeness (QED) is 0.698. The van der Waals surface area contributed by atoms with Crippen molar-refractivity contribution in [3.05, 3.63) is 65.7 Å². The van der Waals surface area contributed by atoms with Crippen LogP contribution in [0.25, 0.3) is 0 Å². The van der Waals surface area contributed by atoms with E-state index in [1.54, 1.807) is 6.92 Å². The van der Waals surface area contributed by atoms with Crippen molar-refractivity contribution in [1.82, 2.24) is 10.2 Å². The smallest absolute Gasteiger partial charge is 0.222 e. The highest BCUT2D eigenvalue weighted by Gasteiger charge is 2.30. The Balaban J connectivity index is 1.45. The number of hydrogen-bond acceptors (Lipinski definition) is 3. The van der Waals surface area contributed by atoms with Crippen LogP contribution in [0.2, 0.25) is 0 Å². The molecule has 154 valence electrons. The molecular formula is C24H31N3O2. The van der Waals surface area contributed by atoms with E-state index in [1.807, 2.05) is 41.3 Å². The van der Waals surface area contributed by atoms with Gasteiger partial charge in [0.15, 0.2) is 0 Å². The lowest BCUT2D eigenvalue weighted by Gasteiger charge is -2.36. The molecule has 0 aliphatic carbocycles. The Kier molecular flexibility index (Phi) is 7.28. The minimum atomic E-state index is -0.165. The van der Waals surface area contributed by atoms with Crippen LogP contribution in [0, 0.1) is 0 Å². The van der Waals surface area contributed by atoms with Crippen molar-refractivity contribution >= 4 is 17.5 Å². The normalized spacial score (nSPS) is 15.5. The highest BCUT2D eigenvalue weighted by atomic mass is 16.2. The standard InChI is InChI=1S/C24H31N3O2/c1-19(28)27-17-14-20-10-6-7-13-22(20)23(27)18-24(29)25-15-8-9-16-26(2)21-11-4-3-5-12-21/h3-7,10-13,23H,8-9,14-18H2,1-2H3,(H,25,29). The highest BCUT2D eigenvalue weighted by molar-refractivity contribution is 5.79. The number of rotatable bonds is 8. The van der Waals surface area contributed by atoms with E-state index in [0.29, 0.717) is 19.5 Å². The number of nitrogens with one attached hydrogen (secondary N) is 1. The lowest BCUT2D eigenvalue weighted by atomic mass is 9.90. The summed E-state index contributed by atoms with van der Waals surface area (Å²) >= 11 is 0. The Morgan fingerprint density at radius 2 is 1.79 bits per heavy atom. The molecule has 0 radical (unpaired) electrons. The van der Waals surface area contributed by atoms with Gasteiger partial charge in [-0.05, 0) is 42.5 Å². The zero-order valence-electron chi connectivity index (χ0n) is 17.4. The van der Waals surface area contributed by atoms with E-state index in [2.05, 4.69) is 35.5 Å². The van der Waals surface area contributed by atoms with Crippen LogP contribution in [0.15, 0.2) is 54.6 Å². The molecule has 0 aromatic heterocycles. The first-order valence-electron chi connectivity index (χ1n) is 10.4. The Bertz CT molecular complexity index is 822. The number of carbonyl (C=O) groups is 2. The van der Waals surface area contributed by atoms with Gasteiger partial charge in [0.1, 0.15) is 0 Å². The third-order valence-corrected chi connectivity index (χ3v) is 5.64. The Morgan fingerprint density at radius 1 is 1.07 bits per heavy atom. The van der Waals surface area contributed by atoms with Crippen LogP contribution in [0.5, 0.6) is 0 Å². The van der Waals surface area contributed by atoms with Gasteiger partial charge in [0.2, 0.25) is 11.8 Å². The molecule has 0 saturated carbocycles. The summed E-state index contributed by atoms with van der Waals surface area (Å²) in [4.78, 5) is 28.7. The van der Waals surface area contributed by atoms with Crippen LogP contribution in [0.3, 0.4) is 0 Å². The molecule has 1 heterocycles. The van der Waals surface area contributed by atoms with Crippen molar-refractivity contribution in [3.63, 3.8) is 0 Å². The molecule has 2 amide bonds. The predicted molar refractivity (Wildman–Crippen MR) is 117 cm³/mol. The average molecular weight is 394 g/mol. The molecule has 29 heavy (non-hydrogen) atoms. The van der Waals surface area contributed by atoms with E-state index < -0.39 is 0 Å². The molecule has 1 atom stereocenters. The lowest BCUT2D eigenvalue weighted by Crippen LogP contribution is -2.41. The monoisotopic (exact) mass is 393 g/mol. The van der Waals surface area contributed by atoms with Gasteiger partial charge in [0.05, 0.1) is 12.5 Å². The largest absolute Gasteiger partial charge is 0.375 e. The van der Waals surface area contributed by atoms with Crippen molar-refractivity contribution in [2.24, 2.45) is 0 Å². The van der Waals surface area contributed by atoms with Crippen LogP contribution in [0.4, 0.5) is 5.69 Å². The average Bonchev–Trinajstić information content (AvgIpc) is 2.74. The van der Waals surface area contributed by atoms with Crippen molar-refractivity contribution in [2.75, 3.05) is 31.6 Å². The number of benzene rings is 2. The van der Waals surface area contributed by atoms with Gasteiger partial charge in [-0.2, -0.15) is 0 Å². The zero-order valence-corrected chi connectivity index (χ0v) is 17.4. The molecule has 1 N–H and O–H groups in total. The molecule has 1 aliphatic heterocycles. The van der Waals surface area contributed by atoms with E-state index in [1.165, 1.54) is 11.3 Å². The predicted octanol–water partition coefficient (Wildman–Crippen LogP) is 3.56. The molecule has 2 aromatic rings. The van der Waals surface area contributed by atoms with E-state index in [4.69, 9.17) is 0 Å². The lowest BCUT2D eigenvalue weighted by molar-refractivity contribution is -0.133. The fraction of sp³-hybridized carbons (Fsp3) is 0.417. The van der Waals surface area contributed by atoms with Gasteiger partial charge in [0.25, 0.3) is 0 Å². The van der Waals surface area contributed by atoms with Crippen LogP contribution >= 0.6 is 0 Å². The summed E-state index contributed by atoms with van der Waals surface area (Å²) in [6, 6.07) is 18.3. The number of fused-ring (bicyclic) bond motifs is 1. The van der Waals surface area contributed by atoms with Gasteiger partial charge in [-0.15, -0.1) is 0 Å². The molecule has 1 unspecified atom stereocenters. The summed E-state index contributed by atoms with van der Waals surface area (Å²) in [6.45, 7) is 3.88. The maximum Gasteiger partial charge on any atom is 0.222 e. The first kappa shape index (κ1) is 20.9. The summed E-state index contributed by atoms with van der Waals surface area (Å²) in [7, 11) is 2.09. The number of carbonyl (C=O) groups excluding carboxylic acids is 2. The molecule has 0 spiro atoms. The second-order valence-electron chi connectivity index (χ2n) is 7.70. The summed E-state index contributed by atoms with van der Waals surface area (Å²) < 4.78 is 0. The molecule has 0 bridgehead atoms. The zero-order chi connectivity index (χ0) is 20.6. The maximum atomic E-state index is 12.5. The van der Waals surface area contributed by atoms with Gasteiger partial charge in [-0.3, -0.25) is 9.59 Å². The molecule has 3 rings (SSSR count). The third kappa shape index (κ3) is 5.59. The first-order valence-corrected chi connectivity index (χ1v) is 10.4. The molecular weight excluding hydrogens is 362 g/mol. The number of amides is 2. The van der Waals surface area contributed by atoms with Gasteiger partial charge in [0, 0.05) is 39.3 Å². The summed E-state index contributed by atoms with van der Waals surface area (Å²) in [6.07, 6.45) is 3.11. The van der Waals surface area contributed by atoms with Crippen LogP contribution < -0.4 is 10.2 Å². The minimum Gasteiger partial charge on any atom is -0.375 e. The van der Waals surface area contributed by atoms with Gasteiger partial charge < -0.3 is 15.1 Å². The van der Waals surface area contributed by atoms with Gasteiger partial charge >= 0.3 is 0 Å². The minimum absolute atomic E-state index is 0.00867. The molecule has 5 nitrogen and oxygen atoms in total. The van der Waals surface area contributed by atoms with E-state index in [9.17, 15) is 9.59 Å². The first-order chi connectivity index (χ1) is 14.1. The summed E-state index contributed by atoms with van der Waals surface area (Å²) in [5.74, 6) is 0.0376. The Morgan fingerprint density at radius 3 is 2.55 bits per heavy atom. The Labute approximate surface area is 173 Å². The van der Waals surface area contributed by atoms with Gasteiger partial charge in [-0.25, -0.2) is 0 Å². The number of para-hydroxylation sites is 1. The molecule has 0 saturated heterocycles. The summed E-state index contributed by atoms with van der Waals surface area (Å²) in [5, 5.41) is 3.04. The van der Waals surface area contributed by atoms with E-state index in [0.717, 1.165) is 31.4 Å². The second-order valence-corrected chi connectivity index (χ2v) is 7.70. The van der Waals surface area contributed by atoms with Crippen molar-refractivity contribution in [2.45, 2.75) is 38.6 Å². The SMILES string of the molecule is CC(=O)N1CCc2ccccc2C1CC(=O)NCCCCN(C)c1ccccc1.